The molecule has 2 aromatic carbocycles. The van der Waals surface area contributed by atoms with Crippen LogP contribution in [0.3, 0.4) is 0 Å². The number of rotatable bonds is 6. The van der Waals surface area contributed by atoms with Gasteiger partial charge in [-0.25, -0.2) is 0 Å². The third-order valence-corrected chi connectivity index (χ3v) is 4.94. The fourth-order valence-corrected chi connectivity index (χ4v) is 3.20. The van der Waals surface area contributed by atoms with Crippen molar-refractivity contribution in [1.29, 1.82) is 0 Å². The number of hydrogen-bond donors (Lipinski definition) is 2. The topological polar surface area (TPSA) is 119 Å². The standard InChI is InChI=1S/C23H23N7O2/c1-14-4-6-17(7-5-14)18-8-19(23(32)26-13-20-12-24-15(2)11-25-20)10-21(9-18)30-22(16(3)31)27-28-29-30/h4-12,16,31H,13H2,1-3H3,(H,26,32)/t16-/m0/s1. The van der Waals surface area contributed by atoms with E-state index < -0.39 is 6.10 Å². The van der Waals surface area contributed by atoms with E-state index in [9.17, 15) is 9.90 Å². The van der Waals surface area contributed by atoms with Crippen molar-refractivity contribution < 1.29 is 9.90 Å². The molecular formula is C23H23N7O2. The van der Waals surface area contributed by atoms with Crippen LogP contribution in [-0.4, -0.2) is 41.2 Å². The molecular weight excluding hydrogens is 406 g/mol. The van der Waals surface area contributed by atoms with E-state index in [1.54, 1.807) is 25.4 Å². The van der Waals surface area contributed by atoms with Crippen LogP contribution >= 0.6 is 0 Å². The Morgan fingerprint density at radius 2 is 1.84 bits per heavy atom. The summed E-state index contributed by atoms with van der Waals surface area (Å²) in [7, 11) is 0. The Kier molecular flexibility index (Phi) is 6.00. The van der Waals surface area contributed by atoms with Gasteiger partial charge in [-0.3, -0.25) is 14.8 Å². The molecule has 0 aliphatic carbocycles. The minimum atomic E-state index is -0.870. The molecule has 4 rings (SSSR count). The Labute approximate surface area is 185 Å². The highest BCUT2D eigenvalue weighted by atomic mass is 16.3. The van der Waals surface area contributed by atoms with Gasteiger partial charge in [-0.05, 0) is 60.5 Å². The first kappa shape index (κ1) is 21.3. The lowest BCUT2D eigenvalue weighted by Gasteiger charge is -2.12. The Morgan fingerprint density at radius 1 is 1.06 bits per heavy atom. The molecule has 2 heterocycles. The third kappa shape index (κ3) is 4.68. The van der Waals surface area contributed by atoms with E-state index in [0.29, 0.717) is 16.9 Å². The lowest BCUT2D eigenvalue weighted by Crippen LogP contribution is -2.23. The minimum absolute atomic E-state index is 0.250. The number of nitrogens with zero attached hydrogens (tertiary/aromatic N) is 6. The van der Waals surface area contributed by atoms with Crippen LogP contribution in [0.1, 0.15) is 46.2 Å². The van der Waals surface area contributed by atoms with Crippen molar-refractivity contribution in [3.05, 3.63) is 83.2 Å². The van der Waals surface area contributed by atoms with Gasteiger partial charge in [-0.15, -0.1) is 5.10 Å². The van der Waals surface area contributed by atoms with E-state index in [0.717, 1.165) is 22.4 Å². The monoisotopic (exact) mass is 429 g/mol. The van der Waals surface area contributed by atoms with Gasteiger partial charge < -0.3 is 10.4 Å². The molecule has 1 atom stereocenters. The molecule has 9 heteroatoms. The third-order valence-electron chi connectivity index (χ3n) is 4.94. The molecule has 0 fully saturated rings. The van der Waals surface area contributed by atoms with Crippen LogP contribution in [-0.2, 0) is 6.54 Å². The van der Waals surface area contributed by atoms with Gasteiger partial charge in [0.05, 0.1) is 29.8 Å². The number of aliphatic hydroxyl groups excluding tert-OH is 1. The summed E-state index contributed by atoms with van der Waals surface area (Å²) in [5, 5.41) is 24.5. The van der Waals surface area contributed by atoms with Crippen LogP contribution in [0.4, 0.5) is 0 Å². The van der Waals surface area contributed by atoms with E-state index in [4.69, 9.17) is 0 Å². The van der Waals surface area contributed by atoms with Crippen LogP contribution in [0.5, 0.6) is 0 Å². The predicted molar refractivity (Wildman–Crippen MR) is 118 cm³/mol. The lowest BCUT2D eigenvalue weighted by atomic mass is 10.0. The zero-order valence-corrected chi connectivity index (χ0v) is 18.0. The molecule has 0 saturated heterocycles. The maximum Gasteiger partial charge on any atom is 0.251 e. The van der Waals surface area contributed by atoms with Gasteiger partial charge >= 0.3 is 0 Å². The molecule has 2 N–H and O–H groups in total. The largest absolute Gasteiger partial charge is 0.385 e. The molecule has 32 heavy (non-hydrogen) atoms. The lowest BCUT2D eigenvalue weighted by molar-refractivity contribution is 0.0950. The maximum absolute atomic E-state index is 13.0. The fraction of sp³-hybridized carbons (Fsp3) is 0.217. The highest BCUT2D eigenvalue weighted by molar-refractivity contribution is 5.96. The average molecular weight is 429 g/mol. The Bertz CT molecular complexity index is 1230. The van der Waals surface area contributed by atoms with Crippen LogP contribution in [0, 0.1) is 13.8 Å². The molecule has 0 unspecified atom stereocenters. The van der Waals surface area contributed by atoms with Gasteiger partial charge in [-0.2, -0.15) is 4.68 Å². The summed E-state index contributed by atoms with van der Waals surface area (Å²) < 4.78 is 1.44. The SMILES string of the molecule is Cc1ccc(-c2cc(C(=O)NCc3cnc(C)cn3)cc(-n3nnnc3[C@H](C)O)c2)cc1. The Balaban J connectivity index is 1.71. The summed E-state index contributed by atoms with van der Waals surface area (Å²) in [4.78, 5) is 21.5. The second kappa shape index (κ2) is 9.03. The molecule has 162 valence electrons. The Morgan fingerprint density at radius 3 is 2.53 bits per heavy atom. The normalized spacial score (nSPS) is 11.9. The average Bonchev–Trinajstić information content (AvgIpc) is 3.29. The first-order valence-corrected chi connectivity index (χ1v) is 10.2. The van der Waals surface area contributed by atoms with E-state index in [1.165, 1.54) is 4.68 Å². The molecule has 4 aromatic rings. The number of aliphatic hydroxyl groups is 1. The molecule has 9 nitrogen and oxygen atoms in total. The number of aryl methyl sites for hydroxylation is 2. The van der Waals surface area contributed by atoms with E-state index in [2.05, 4.69) is 30.8 Å². The molecule has 0 aliphatic rings. The fourth-order valence-electron chi connectivity index (χ4n) is 3.20. The number of nitrogens with one attached hydrogen (secondary N) is 1. The Hall–Kier alpha value is -3.98. The van der Waals surface area contributed by atoms with Crippen molar-refractivity contribution in [2.75, 3.05) is 0 Å². The molecule has 0 aliphatic heterocycles. The summed E-state index contributed by atoms with van der Waals surface area (Å²) in [5.41, 5.74) is 5.40. The quantitative estimate of drug-likeness (QED) is 0.484. The van der Waals surface area contributed by atoms with Gasteiger partial charge in [0, 0.05) is 11.8 Å². The van der Waals surface area contributed by atoms with Gasteiger partial charge in [-0.1, -0.05) is 29.8 Å². The van der Waals surface area contributed by atoms with Crippen molar-refractivity contribution in [3.63, 3.8) is 0 Å². The van der Waals surface area contributed by atoms with Crippen LogP contribution in [0.2, 0.25) is 0 Å². The molecule has 0 radical (unpaired) electrons. The highest BCUT2D eigenvalue weighted by Gasteiger charge is 2.17. The summed E-state index contributed by atoms with van der Waals surface area (Å²) in [5.74, 6) is 0.0154. The number of tetrazole rings is 1. The number of amides is 1. The summed E-state index contributed by atoms with van der Waals surface area (Å²) in [6.07, 6.45) is 2.43. The van der Waals surface area contributed by atoms with Crippen molar-refractivity contribution in [2.45, 2.75) is 33.4 Å². The number of benzene rings is 2. The van der Waals surface area contributed by atoms with Gasteiger partial charge in [0.2, 0.25) is 0 Å². The van der Waals surface area contributed by atoms with E-state index in [1.807, 2.05) is 50.2 Å². The smallest absolute Gasteiger partial charge is 0.251 e. The molecule has 0 spiro atoms. The van der Waals surface area contributed by atoms with Crippen molar-refractivity contribution in [2.24, 2.45) is 0 Å². The highest BCUT2D eigenvalue weighted by Crippen LogP contribution is 2.26. The zero-order chi connectivity index (χ0) is 22.7. The second-order valence-electron chi connectivity index (χ2n) is 7.59. The van der Waals surface area contributed by atoms with Crippen LogP contribution in [0.25, 0.3) is 16.8 Å². The van der Waals surface area contributed by atoms with Crippen LogP contribution in [0.15, 0.2) is 54.9 Å². The van der Waals surface area contributed by atoms with Gasteiger partial charge in [0.1, 0.15) is 6.10 Å². The summed E-state index contributed by atoms with van der Waals surface area (Å²) >= 11 is 0. The number of hydrogen-bond acceptors (Lipinski definition) is 7. The number of carbonyl (C=O) groups excluding carboxylic acids is 1. The van der Waals surface area contributed by atoms with Gasteiger partial charge in [0.25, 0.3) is 5.91 Å². The minimum Gasteiger partial charge on any atom is -0.385 e. The van der Waals surface area contributed by atoms with Crippen molar-refractivity contribution >= 4 is 5.91 Å². The molecule has 2 aromatic heterocycles. The summed E-state index contributed by atoms with van der Waals surface area (Å²) in [6.45, 7) is 5.71. The first-order chi connectivity index (χ1) is 15.4. The molecule has 0 saturated carbocycles. The zero-order valence-electron chi connectivity index (χ0n) is 18.0. The van der Waals surface area contributed by atoms with E-state index in [-0.39, 0.29) is 18.3 Å². The second-order valence-corrected chi connectivity index (χ2v) is 7.59. The summed E-state index contributed by atoms with van der Waals surface area (Å²) in [6, 6.07) is 13.4. The van der Waals surface area contributed by atoms with E-state index >= 15 is 0 Å². The predicted octanol–water partition coefficient (Wildman–Crippen LogP) is 2.72. The maximum atomic E-state index is 13.0. The van der Waals surface area contributed by atoms with Crippen molar-refractivity contribution in [3.8, 4) is 16.8 Å². The number of carbonyl (C=O) groups is 1. The first-order valence-electron chi connectivity index (χ1n) is 10.2. The van der Waals surface area contributed by atoms with Gasteiger partial charge in [0.15, 0.2) is 5.82 Å². The molecule has 0 bridgehead atoms. The van der Waals surface area contributed by atoms with Crippen LogP contribution < -0.4 is 5.32 Å². The molecule has 1 amide bonds. The van der Waals surface area contributed by atoms with Crippen molar-refractivity contribution in [1.82, 2.24) is 35.5 Å². The number of aromatic nitrogens is 6.